The first-order valence-electron chi connectivity index (χ1n) is 3.71. The lowest BCUT2D eigenvalue weighted by molar-refractivity contribution is -0.603. The van der Waals surface area contributed by atoms with Crippen LogP contribution in [0, 0.1) is 5.21 Å². The van der Waals surface area contributed by atoms with Gasteiger partial charge in [0.1, 0.15) is 0 Å². The molecule has 1 heterocycles. The van der Waals surface area contributed by atoms with Crippen molar-refractivity contribution in [1.82, 2.24) is 0 Å². The highest BCUT2D eigenvalue weighted by molar-refractivity contribution is 6.28. The lowest BCUT2D eigenvalue weighted by Gasteiger charge is -2.02. The molecule has 13 heavy (non-hydrogen) atoms. The smallest absolute Gasteiger partial charge is 0.338 e. The van der Waals surface area contributed by atoms with Crippen molar-refractivity contribution in [2.75, 3.05) is 6.61 Å². The molecule has 1 rings (SSSR count). The summed E-state index contributed by atoms with van der Waals surface area (Å²) >= 11 is 5.50. The largest absolute Gasteiger partial charge is 0.618 e. The van der Waals surface area contributed by atoms with Gasteiger partial charge in [-0.05, 0) is 18.5 Å². The number of carbonyl (C=O) groups excluding carboxylic acids is 1. The summed E-state index contributed by atoms with van der Waals surface area (Å²) in [7, 11) is 0. The van der Waals surface area contributed by atoms with Crippen LogP contribution in [0.25, 0.3) is 0 Å². The molecule has 4 nitrogen and oxygen atoms in total. The predicted octanol–water partition coefficient (Wildman–Crippen LogP) is 1.15. The monoisotopic (exact) mass is 201 g/mol. The van der Waals surface area contributed by atoms with Gasteiger partial charge in [0.2, 0.25) is 0 Å². The summed E-state index contributed by atoms with van der Waals surface area (Å²) in [5.41, 5.74) is 0.277. The molecule has 0 N–H and O–H groups in total. The van der Waals surface area contributed by atoms with Gasteiger partial charge in [-0.3, -0.25) is 0 Å². The summed E-state index contributed by atoms with van der Waals surface area (Å²) in [6.45, 7) is 2.00. The molecule has 0 aliphatic carbocycles. The molecule has 70 valence electrons. The molecule has 0 aliphatic heterocycles. The summed E-state index contributed by atoms with van der Waals surface area (Å²) in [4.78, 5) is 11.1. The van der Waals surface area contributed by atoms with E-state index < -0.39 is 5.97 Å². The molecule has 0 fully saturated rings. The molecule has 1 aromatic rings. The maximum atomic E-state index is 11.1. The number of halogens is 1. The standard InChI is InChI=1S/C8H8ClNO3/c1-2-13-8(11)6-3-4-10(12)7(9)5-6/h3-5H,2H2,1H3. The van der Waals surface area contributed by atoms with Gasteiger partial charge < -0.3 is 9.94 Å². The van der Waals surface area contributed by atoms with Crippen molar-refractivity contribution in [3.05, 3.63) is 34.3 Å². The second-order valence-corrected chi connectivity index (χ2v) is 2.67. The Balaban J connectivity index is 2.90. The molecular formula is C8H8ClNO3. The van der Waals surface area contributed by atoms with E-state index in [1.165, 1.54) is 12.1 Å². The number of ether oxygens (including phenoxy) is 1. The minimum atomic E-state index is -0.481. The van der Waals surface area contributed by atoms with E-state index in [4.69, 9.17) is 16.3 Å². The van der Waals surface area contributed by atoms with Crippen LogP contribution in [0.1, 0.15) is 17.3 Å². The number of hydrogen-bond donors (Lipinski definition) is 0. The molecule has 0 radical (unpaired) electrons. The minimum absolute atomic E-state index is 0.0504. The van der Waals surface area contributed by atoms with Gasteiger partial charge in [-0.2, -0.15) is 4.73 Å². The molecule has 0 atom stereocenters. The van der Waals surface area contributed by atoms with Crippen molar-refractivity contribution in [2.45, 2.75) is 6.92 Å². The Labute approximate surface area is 80.3 Å². The van der Waals surface area contributed by atoms with Crippen LogP contribution in [-0.4, -0.2) is 12.6 Å². The zero-order valence-corrected chi connectivity index (χ0v) is 7.75. The molecule has 0 aromatic carbocycles. The molecule has 0 saturated carbocycles. The van der Waals surface area contributed by atoms with Crippen LogP contribution in [0.5, 0.6) is 0 Å². The third kappa shape index (κ3) is 2.32. The topological polar surface area (TPSA) is 53.2 Å². The quantitative estimate of drug-likeness (QED) is 0.312. The van der Waals surface area contributed by atoms with Crippen LogP contribution in [-0.2, 0) is 4.74 Å². The van der Waals surface area contributed by atoms with Crippen LogP contribution in [0.3, 0.4) is 0 Å². The Morgan fingerprint density at radius 3 is 3.00 bits per heavy atom. The Hall–Kier alpha value is -1.29. The van der Waals surface area contributed by atoms with Gasteiger partial charge in [-0.15, -0.1) is 0 Å². The van der Waals surface area contributed by atoms with Crippen molar-refractivity contribution < 1.29 is 14.3 Å². The molecule has 5 heteroatoms. The summed E-state index contributed by atoms with van der Waals surface area (Å²) < 4.78 is 5.18. The number of carbonyl (C=O) groups is 1. The average Bonchev–Trinajstić information content (AvgIpc) is 2.10. The van der Waals surface area contributed by atoms with Crippen molar-refractivity contribution in [2.24, 2.45) is 0 Å². The van der Waals surface area contributed by atoms with Gasteiger partial charge in [0.15, 0.2) is 6.20 Å². The fourth-order valence-electron chi connectivity index (χ4n) is 0.801. The molecule has 0 aliphatic rings. The van der Waals surface area contributed by atoms with Crippen molar-refractivity contribution >= 4 is 17.6 Å². The average molecular weight is 202 g/mol. The molecule has 0 spiro atoms. The Kier molecular flexibility index (Phi) is 3.08. The Morgan fingerprint density at radius 1 is 1.77 bits per heavy atom. The number of rotatable bonds is 2. The van der Waals surface area contributed by atoms with E-state index in [1.807, 2.05) is 0 Å². The highest BCUT2D eigenvalue weighted by Crippen LogP contribution is 2.06. The third-order valence-corrected chi connectivity index (χ3v) is 1.66. The predicted molar refractivity (Wildman–Crippen MR) is 46.4 cm³/mol. The first kappa shape index (κ1) is 9.80. The number of esters is 1. The fraction of sp³-hybridized carbons (Fsp3) is 0.250. The summed E-state index contributed by atoms with van der Waals surface area (Å²) in [5.74, 6) is -0.481. The Morgan fingerprint density at radius 2 is 2.46 bits per heavy atom. The molecule has 1 aromatic heterocycles. The van der Waals surface area contributed by atoms with Gasteiger partial charge in [0, 0.05) is 12.1 Å². The van der Waals surface area contributed by atoms with Gasteiger partial charge in [0.05, 0.1) is 12.2 Å². The maximum absolute atomic E-state index is 11.1. The SMILES string of the molecule is CCOC(=O)c1cc[n+]([O-])c(Cl)c1. The molecule has 0 saturated heterocycles. The van der Waals surface area contributed by atoms with E-state index in [2.05, 4.69) is 0 Å². The lowest BCUT2D eigenvalue weighted by atomic mass is 10.3. The van der Waals surface area contributed by atoms with Crippen molar-refractivity contribution in [3.63, 3.8) is 0 Å². The number of aromatic nitrogens is 1. The maximum Gasteiger partial charge on any atom is 0.338 e. The van der Waals surface area contributed by atoms with E-state index in [1.54, 1.807) is 6.92 Å². The van der Waals surface area contributed by atoms with Crippen molar-refractivity contribution in [3.8, 4) is 0 Å². The highest BCUT2D eigenvalue weighted by Gasteiger charge is 2.10. The van der Waals surface area contributed by atoms with Gasteiger partial charge >= 0.3 is 5.97 Å². The first-order valence-corrected chi connectivity index (χ1v) is 4.08. The van der Waals surface area contributed by atoms with Crippen molar-refractivity contribution in [1.29, 1.82) is 0 Å². The van der Waals surface area contributed by atoms with Gasteiger partial charge in [-0.25, -0.2) is 4.79 Å². The first-order chi connectivity index (χ1) is 6.15. The Bertz CT molecular complexity index is 327. The van der Waals surface area contributed by atoms with E-state index in [-0.39, 0.29) is 10.7 Å². The van der Waals surface area contributed by atoms with Crippen LogP contribution in [0.4, 0.5) is 0 Å². The second-order valence-electron chi connectivity index (χ2n) is 2.28. The van der Waals surface area contributed by atoms with Crippen LogP contribution >= 0.6 is 11.6 Å². The zero-order chi connectivity index (χ0) is 9.84. The third-order valence-electron chi connectivity index (χ3n) is 1.39. The lowest BCUT2D eigenvalue weighted by Crippen LogP contribution is -2.27. The van der Waals surface area contributed by atoms with E-state index in [0.29, 0.717) is 11.3 Å². The van der Waals surface area contributed by atoms with Crippen LogP contribution < -0.4 is 4.73 Å². The normalized spacial score (nSPS) is 9.69. The van der Waals surface area contributed by atoms with Gasteiger partial charge in [0.25, 0.3) is 5.15 Å². The summed E-state index contributed by atoms with van der Waals surface area (Å²) in [6, 6.07) is 2.63. The molecule has 0 unspecified atom stereocenters. The van der Waals surface area contributed by atoms with E-state index in [9.17, 15) is 10.0 Å². The summed E-state index contributed by atoms with van der Waals surface area (Å²) in [6.07, 6.45) is 1.16. The molecular weight excluding hydrogens is 194 g/mol. The van der Waals surface area contributed by atoms with E-state index >= 15 is 0 Å². The number of nitrogens with zero attached hydrogens (tertiary/aromatic N) is 1. The van der Waals surface area contributed by atoms with Gasteiger partial charge in [-0.1, -0.05) is 0 Å². The highest BCUT2D eigenvalue weighted by atomic mass is 35.5. The van der Waals surface area contributed by atoms with E-state index in [0.717, 1.165) is 6.20 Å². The summed E-state index contributed by atoms with van der Waals surface area (Å²) in [5, 5.41) is 10.7. The second kappa shape index (κ2) is 4.09. The van der Waals surface area contributed by atoms with Crippen LogP contribution in [0.15, 0.2) is 18.3 Å². The van der Waals surface area contributed by atoms with Crippen LogP contribution in [0.2, 0.25) is 5.15 Å². The number of hydrogen-bond acceptors (Lipinski definition) is 3. The number of pyridine rings is 1. The minimum Gasteiger partial charge on any atom is -0.618 e. The molecule has 0 bridgehead atoms. The fourth-order valence-corrected chi connectivity index (χ4v) is 0.975. The molecule has 0 amide bonds. The zero-order valence-electron chi connectivity index (χ0n) is 6.99.